The van der Waals surface area contributed by atoms with Gasteiger partial charge in [0.2, 0.25) is 0 Å². The van der Waals surface area contributed by atoms with E-state index < -0.39 is 0 Å². The highest BCUT2D eigenvalue weighted by Crippen LogP contribution is 2.27. The monoisotopic (exact) mass is 354 g/mol. The molecule has 0 aromatic heterocycles. The van der Waals surface area contributed by atoms with Gasteiger partial charge in [-0.05, 0) is 66.6 Å². The molecule has 0 amide bonds. The molecule has 3 aromatic carbocycles. The molecule has 27 heavy (non-hydrogen) atoms. The van der Waals surface area contributed by atoms with Crippen molar-refractivity contribution in [3.63, 3.8) is 0 Å². The third kappa shape index (κ3) is 5.56. The standard InChI is InChI=1S/C23H22.C4H8/c1-4-18-10-15-23(16-19(18)5-2)22-13-11-21(12-14-22)20-8-6-17(3)7-9-20;1-3-4-2/h5-16H,2,4H2,1,3H3;3-4H,1-2H3/b;4-3-. The van der Waals surface area contributed by atoms with Gasteiger partial charge < -0.3 is 0 Å². The smallest absolute Gasteiger partial charge is 0.0178 e. The van der Waals surface area contributed by atoms with Crippen molar-refractivity contribution >= 4 is 6.08 Å². The normalized spacial score (nSPS) is 10.4. The summed E-state index contributed by atoms with van der Waals surface area (Å²) in [6, 6.07) is 24.1. The lowest BCUT2D eigenvalue weighted by Crippen LogP contribution is -1.88. The van der Waals surface area contributed by atoms with Crippen LogP contribution in [-0.2, 0) is 6.42 Å². The van der Waals surface area contributed by atoms with Crippen LogP contribution in [0.4, 0.5) is 0 Å². The first-order chi connectivity index (χ1) is 13.1. The Morgan fingerprint density at radius 2 is 1.15 bits per heavy atom. The van der Waals surface area contributed by atoms with Gasteiger partial charge in [-0.2, -0.15) is 0 Å². The van der Waals surface area contributed by atoms with Gasteiger partial charge in [-0.1, -0.05) is 98.0 Å². The highest BCUT2D eigenvalue weighted by Gasteiger charge is 2.03. The van der Waals surface area contributed by atoms with E-state index in [4.69, 9.17) is 0 Å². The van der Waals surface area contributed by atoms with Gasteiger partial charge in [0.1, 0.15) is 0 Å². The van der Waals surface area contributed by atoms with Gasteiger partial charge in [-0.15, -0.1) is 0 Å². The molecule has 138 valence electrons. The van der Waals surface area contributed by atoms with Crippen LogP contribution in [0, 0.1) is 6.92 Å². The van der Waals surface area contributed by atoms with E-state index in [0.29, 0.717) is 0 Å². The number of aryl methyl sites for hydroxylation is 2. The molecule has 3 aromatic rings. The summed E-state index contributed by atoms with van der Waals surface area (Å²) in [5, 5.41) is 0. The van der Waals surface area contributed by atoms with Gasteiger partial charge in [-0.3, -0.25) is 0 Å². The molecule has 0 N–H and O–H groups in total. The molecular weight excluding hydrogens is 324 g/mol. The van der Waals surface area contributed by atoms with Crippen molar-refractivity contribution in [1.29, 1.82) is 0 Å². The maximum atomic E-state index is 3.94. The van der Waals surface area contributed by atoms with Crippen molar-refractivity contribution in [2.75, 3.05) is 0 Å². The van der Waals surface area contributed by atoms with Crippen LogP contribution in [0.1, 0.15) is 37.5 Å². The van der Waals surface area contributed by atoms with Crippen molar-refractivity contribution in [3.8, 4) is 22.3 Å². The summed E-state index contributed by atoms with van der Waals surface area (Å²) in [5.41, 5.74) is 8.86. The van der Waals surface area contributed by atoms with E-state index in [1.54, 1.807) is 0 Å². The first-order valence-corrected chi connectivity index (χ1v) is 9.63. The van der Waals surface area contributed by atoms with E-state index in [9.17, 15) is 0 Å². The van der Waals surface area contributed by atoms with Crippen molar-refractivity contribution in [2.24, 2.45) is 0 Å². The lowest BCUT2D eigenvalue weighted by atomic mass is 9.96. The predicted octanol–water partition coefficient (Wildman–Crippen LogP) is 8.12. The van der Waals surface area contributed by atoms with Crippen molar-refractivity contribution in [3.05, 3.63) is 102 Å². The Bertz CT molecular complexity index is 874. The first kappa shape index (κ1) is 20.5. The summed E-state index contributed by atoms with van der Waals surface area (Å²) in [5.74, 6) is 0. The molecule has 0 atom stereocenters. The molecule has 0 unspecified atom stereocenters. The summed E-state index contributed by atoms with van der Waals surface area (Å²) in [6.45, 7) is 12.2. The Labute approximate surface area is 164 Å². The molecule has 0 radical (unpaired) electrons. The Hall–Kier alpha value is -2.86. The second-order valence-corrected chi connectivity index (χ2v) is 6.58. The molecule has 0 heterocycles. The fourth-order valence-corrected chi connectivity index (χ4v) is 2.89. The summed E-state index contributed by atoms with van der Waals surface area (Å²) < 4.78 is 0. The molecule has 0 bridgehead atoms. The second-order valence-electron chi connectivity index (χ2n) is 6.58. The predicted molar refractivity (Wildman–Crippen MR) is 122 cm³/mol. The van der Waals surface area contributed by atoms with E-state index in [1.165, 1.54) is 38.9 Å². The Kier molecular flexibility index (Phi) is 7.82. The van der Waals surface area contributed by atoms with Crippen LogP contribution < -0.4 is 0 Å². The van der Waals surface area contributed by atoms with Crippen LogP contribution in [0.2, 0.25) is 0 Å². The van der Waals surface area contributed by atoms with E-state index in [1.807, 2.05) is 32.1 Å². The second kappa shape index (κ2) is 10.3. The number of rotatable bonds is 4. The zero-order valence-corrected chi connectivity index (χ0v) is 17.0. The largest absolute Gasteiger partial charge is 0.0985 e. The maximum Gasteiger partial charge on any atom is -0.0178 e. The number of allylic oxidation sites excluding steroid dienone is 2. The van der Waals surface area contributed by atoms with Crippen LogP contribution in [-0.4, -0.2) is 0 Å². The van der Waals surface area contributed by atoms with Gasteiger partial charge in [0.05, 0.1) is 0 Å². The van der Waals surface area contributed by atoms with Gasteiger partial charge in [0, 0.05) is 0 Å². The molecule has 0 fully saturated rings. The summed E-state index contributed by atoms with van der Waals surface area (Å²) in [6.07, 6.45) is 6.98. The summed E-state index contributed by atoms with van der Waals surface area (Å²) >= 11 is 0. The molecule has 0 aliphatic heterocycles. The molecule has 3 rings (SSSR count). The average Bonchev–Trinajstić information content (AvgIpc) is 2.74. The molecule has 0 aliphatic rings. The highest BCUT2D eigenvalue weighted by atomic mass is 14.1. The fourth-order valence-electron chi connectivity index (χ4n) is 2.89. The van der Waals surface area contributed by atoms with E-state index in [0.717, 1.165) is 6.42 Å². The molecule has 0 nitrogen and oxygen atoms in total. The van der Waals surface area contributed by atoms with E-state index in [-0.39, 0.29) is 0 Å². The third-order valence-electron chi connectivity index (χ3n) is 4.68. The molecule has 0 saturated carbocycles. The average molecular weight is 355 g/mol. The molecular formula is C27H30. The molecule has 0 spiro atoms. The number of hydrogen-bond donors (Lipinski definition) is 0. The summed E-state index contributed by atoms with van der Waals surface area (Å²) in [4.78, 5) is 0. The van der Waals surface area contributed by atoms with Gasteiger partial charge >= 0.3 is 0 Å². The topological polar surface area (TPSA) is 0 Å². The van der Waals surface area contributed by atoms with Crippen molar-refractivity contribution in [2.45, 2.75) is 34.1 Å². The minimum absolute atomic E-state index is 1.04. The minimum atomic E-state index is 1.04. The molecule has 0 aliphatic carbocycles. The Morgan fingerprint density at radius 1 is 0.704 bits per heavy atom. The van der Waals surface area contributed by atoms with Crippen LogP contribution in [0.3, 0.4) is 0 Å². The van der Waals surface area contributed by atoms with Crippen molar-refractivity contribution < 1.29 is 0 Å². The van der Waals surface area contributed by atoms with Gasteiger partial charge in [0.25, 0.3) is 0 Å². The number of hydrogen-bond acceptors (Lipinski definition) is 0. The maximum absolute atomic E-state index is 3.94. The van der Waals surface area contributed by atoms with Crippen LogP contribution in [0.25, 0.3) is 28.3 Å². The highest BCUT2D eigenvalue weighted by molar-refractivity contribution is 5.72. The lowest BCUT2D eigenvalue weighted by Gasteiger charge is -2.09. The van der Waals surface area contributed by atoms with Crippen molar-refractivity contribution in [1.82, 2.24) is 0 Å². The number of benzene rings is 3. The Morgan fingerprint density at radius 3 is 1.59 bits per heavy atom. The SMILES string of the molecule is C/C=C\C.C=Cc1cc(-c2ccc(-c3ccc(C)cc3)cc2)ccc1CC. The zero-order valence-electron chi connectivity index (χ0n) is 17.0. The van der Waals surface area contributed by atoms with Crippen LogP contribution >= 0.6 is 0 Å². The van der Waals surface area contributed by atoms with E-state index in [2.05, 4.69) is 87.2 Å². The quantitative estimate of drug-likeness (QED) is 0.415. The Balaban J connectivity index is 0.000000596. The van der Waals surface area contributed by atoms with Gasteiger partial charge in [0.15, 0.2) is 0 Å². The molecule has 0 saturated heterocycles. The minimum Gasteiger partial charge on any atom is -0.0985 e. The van der Waals surface area contributed by atoms with Crippen LogP contribution in [0.5, 0.6) is 0 Å². The molecule has 0 heteroatoms. The summed E-state index contributed by atoms with van der Waals surface area (Å²) in [7, 11) is 0. The first-order valence-electron chi connectivity index (χ1n) is 9.63. The van der Waals surface area contributed by atoms with Gasteiger partial charge in [-0.25, -0.2) is 0 Å². The van der Waals surface area contributed by atoms with E-state index >= 15 is 0 Å². The lowest BCUT2D eigenvalue weighted by molar-refractivity contribution is 1.13. The third-order valence-corrected chi connectivity index (χ3v) is 4.68. The van der Waals surface area contributed by atoms with Crippen LogP contribution in [0.15, 0.2) is 85.5 Å². The fraction of sp³-hybridized carbons (Fsp3) is 0.185. The zero-order chi connectivity index (χ0) is 19.6.